The Morgan fingerprint density at radius 2 is 1.41 bits per heavy atom. The Morgan fingerprint density at radius 3 is 2.06 bits per heavy atom. The van der Waals surface area contributed by atoms with Crippen molar-refractivity contribution in [1.82, 2.24) is 0 Å². The number of ether oxygens (including phenoxy) is 1. The first kappa shape index (κ1) is 22.1. The minimum atomic E-state index is -0.343. The fraction of sp³-hybridized carbons (Fsp3) is 0.300. The van der Waals surface area contributed by atoms with Crippen molar-refractivity contribution < 1.29 is 9.53 Å². The number of esters is 1. The fourth-order valence-corrected chi connectivity index (χ4v) is 4.54. The Bertz CT molecular complexity index is 1150. The van der Waals surface area contributed by atoms with Gasteiger partial charge in [0.05, 0.1) is 5.56 Å². The van der Waals surface area contributed by atoms with E-state index in [-0.39, 0.29) is 16.8 Å². The van der Waals surface area contributed by atoms with Gasteiger partial charge in [0.25, 0.3) is 0 Å². The van der Waals surface area contributed by atoms with E-state index < -0.39 is 0 Å². The third-order valence-electron chi connectivity index (χ3n) is 6.79. The lowest BCUT2D eigenvalue weighted by Crippen LogP contribution is -2.33. The van der Waals surface area contributed by atoms with Crippen LogP contribution in [0, 0.1) is 0 Å². The van der Waals surface area contributed by atoms with Crippen LogP contribution in [-0.2, 0) is 10.8 Å². The monoisotopic (exact) mass is 424 g/mol. The largest absolute Gasteiger partial charge is 0.423 e. The quantitative estimate of drug-likeness (QED) is 0.242. The molecule has 0 amide bonds. The van der Waals surface area contributed by atoms with Gasteiger partial charge in [-0.3, -0.25) is 0 Å². The Morgan fingerprint density at radius 1 is 0.781 bits per heavy atom. The van der Waals surface area contributed by atoms with E-state index >= 15 is 0 Å². The summed E-state index contributed by atoms with van der Waals surface area (Å²) in [7, 11) is 0. The Labute approximate surface area is 192 Å². The second kappa shape index (κ2) is 8.43. The van der Waals surface area contributed by atoms with Crippen molar-refractivity contribution in [3.8, 4) is 5.75 Å². The average Bonchev–Trinajstić information content (AvgIpc) is 2.78. The molecule has 0 unspecified atom stereocenters. The van der Waals surface area contributed by atoms with E-state index in [0.717, 1.165) is 5.56 Å². The molecule has 3 aromatic carbocycles. The maximum Gasteiger partial charge on any atom is 0.343 e. The summed E-state index contributed by atoms with van der Waals surface area (Å²) in [6.45, 7) is 11.6. The molecule has 4 rings (SSSR count). The van der Waals surface area contributed by atoms with Crippen LogP contribution >= 0.6 is 0 Å². The molecule has 0 saturated heterocycles. The zero-order valence-corrected chi connectivity index (χ0v) is 19.7. The van der Waals surface area contributed by atoms with Crippen molar-refractivity contribution in [2.75, 3.05) is 0 Å². The molecule has 0 saturated carbocycles. The number of rotatable bonds is 4. The van der Waals surface area contributed by atoms with Crippen molar-refractivity contribution in [2.24, 2.45) is 0 Å². The first-order valence-electron chi connectivity index (χ1n) is 11.4. The van der Waals surface area contributed by atoms with Gasteiger partial charge in [-0.1, -0.05) is 82.3 Å². The molecule has 2 nitrogen and oxygen atoms in total. The van der Waals surface area contributed by atoms with Crippen molar-refractivity contribution in [3.63, 3.8) is 0 Å². The SMILES string of the molecule is CC(=Cc1ccc(OC(=O)c2ccccc2)cc1)c1ccc2c(c1)C(C)(C)CCC2(C)C. The third-order valence-corrected chi connectivity index (χ3v) is 6.79. The van der Waals surface area contributed by atoms with Crippen LogP contribution in [0.1, 0.15) is 80.1 Å². The van der Waals surface area contributed by atoms with E-state index in [1.54, 1.807) is 12.1 Å². The highest BCUT2D eigenvalue weighted by Crippen LogP contribution is 2.46. The van der Waals surface area contributed by atoms with Gasteiger partial charge < -0.3 is 4.74 Å². The highest BCUT2D eigenvalue weighted by atomic mass is 16.5. The van der Waals surface area contributed by atoms with Gasteiger partial charge in [-0.2, -0.15) is 0 Å². The lowest BCUT2D eigenvalue weighted by Gasteiger charge is -2.42. The molecule has 3 aromatic rings. The molecule has 0 radical (unpaired) electrons. The number of hydrogen-bond donors (Lipinski definition) is 0. The second-order valence-electron chi connectivity index (χ2n) is 10.2. The normalized spacial score (nSPS) is 16.8. The average molecular weight is 425 g/mol. The van der Waals surface area contributed by atoms with E-state index in [1.165, 1.54) is 35.1 Å². The molecule has 0 heterocycles. The predicted molar refractivity (Wildman–Crippen MR) is 133 cm³/mol. The van der Waals surface area contributed by atoms with E-state index in [0.29, 0.717) is 11.3 Å². The molecule has 0 N–H and O–H groups in total. The number of hydrogen-bond acceptors (Lipinski definition) is 2. The summed E-state index contributed by atoms with van der Waals surface area (Å²) in [5.41, 5.74) is 7.50. The Balaban J connectivity index is 1.54. The topological polar surface area (TPSA) is 26.3 Å². The van der Waals surface area contributed by atoms with E-state index in [2.05, 4.69) is 58.9 Å². The van der Waals surface area contributed by atoms with Gasteiger partial charge in [-0.15, -0.1) is 0 Å². The van der Waals surface area contributed by atoms with E-state index in [1.807, 2.05) is 42.5 Å². The lowest BCUT2D eigenvalue weighted by atomic mass is 9.63. The van der Waals surface area contributed by atoms with E-state index in [9.17, 15) is 4.79 Å². The number of benzene rings is 3. The molecule has 2 heteroatoms. The molecule has 1 aliphatic carbocycles. The molecule has 164 valence electrons. The molecule has 0 bridgehead atoms. The molecular formula is C30H32O2. The maximum absolute atomic E-state index is 12.2. The van der Waals surface area contributed by atoms with E-state index in [4.69, 9.17) is 4.74 Å². The lowest BCUT2D eigenvalue weighted by molar-refractivity contribution is 0.0734. The zero-order chi connectivity index (χ0) is 22.9. The molecule has 0 atom stereocenters. The smallest absolute Gasteiger partial charge is 0.343 e. The summed E-state index contributed by atoms with van der Waals surface area (Å²) in [6.07, 6.45) is 4.62. The minimum Gasteiger partial charge on any atom is -0.423 e. The highest BCUT2D eigenvalue weighted by molar-refractivity contribution is 5.91. The van der Waals surface area contributed by atoms with Gasteiger partial charge in [0.2, 0.25) is 0 Å². The predicted octanol–water partition coefficient (Wildman–Crippen LogP) is 7.82. The Kier molecular flexibility index (Phi) is 5.81. The molecule has 0 fully saturated rings. The first-order valence-corrected chi connectivity index (χ1v) is 11.4. The molecule has 0 spiro atoms. The van der Waals surface area contributed by atoms with Gasteiger partial charge in [0.1, 0.15) is 5.75 Å². The number of allylic oxidation sites excluding steroid dienone is 1. The van der Waals surface area contributed by atoms with Gasteiger partial charge in [-0.05, 0) is 82.7 Å². The van der Waals surface area contributed by atoms with Crippen molar-refractivity contribution in [1.29, 1.82) is 0 Å². The molecular weight excluding hydrogens is 392 g/mol. The fourth-order valence-electron chi connectivity index (χ4n) is 4.54. The first-order chi connectivity index (χ1) is 15.2. The summed E-state index contributed by atoms with van der Waals surface area (Å²) >= 11 is 0. The highest BCUT2D eigenvalue weighted by Gasteiger charge is 2.36. The van der Waals surface area contributed by atoms with Crippen LogP contribution in [0.15, 0.2) is 72.8 Å². The minimum absolute atomic E-state index is 0.200. The summed E-state index contributed by atoms with van der Waals surface area (Å²) < 4.78 is 5.49. The summed E-state index contributed by atoms with van der Waals surface area (Å²) in [4.78, 5) is 12.2. The van der Waals surface area contributed by atoms with Crippen LogP contribution in [0.2, 0.25) is 0 Å². The maximum atomic E-state index is 12.2. The summed E-state index contributed by atoms with van der Waals surface area (Å²) in [5, 5.41) is 0. The number of carbonyl (C=O) groups excluding carboxylic acids is 1. The van der Waals surface area contributed by atoms with Crippen LogP contribution < -0.4 is 4.74 Å². The van der Waals surface area contributed by atoms with Crippen molar-refractivity contribution >= 4 is 17.6 Å². The molecule has 0 aliphatic heterocycles. The number of carbonyl (C=O) groups is 1. The van der Waals surface area contributed by atoms with Crippen LogP contribution in [-0.4, -0.2) is 5.97 Å². The van der Waals surface area contributed by atoms with Crippen molar-refractivity contribution in [2.45, 2.75) is 58.3 Å². The van der Waals surface area contributed by atoms with Gasteiger partial charge in [-0.25, -0.2) is 4.79 Å². The van der Waals surface area contributed by atoms with Crippen molar-refractivity contribution in [3.05, 3.63) is 101 Å². The van der Waals surface area contributed by atoms with Gasteiger partial charge in [0.15, 0.2) is 0 Å². The Hall–Kier alpha value is -3.13. The third kappa shape index (κ3) is 4.55. The molecule has 1 aliphatic rings. The van der Waals surface area contributed by atoms with Crippen LogP contribution in [0.25, 0.3) is 11.6 Å². The number of fused-ring (bicyclic) bond motifs is 1. The van der Waals surface area contributed by atoms with Crippen LogP contribution in [0.5, 0.6) is 5.75 Å². The molecule has 0 aromatic heterocycles. The van der Waals surface area contributed by atoms with Gasteiger partial charge in [0, 0.05) is 0 Å². The summed E-state index contributed by atoms with van der Waals surface area (Å²) in [6, 6.07) is 23.7. The standard InChI is InChI=1S/C30H32O2/c1-21(24-13-16-26-27(20-24)30(4,5)18-17-29(26,2)3)19-22-11-14-25(15-12-22)32-28(31)23-9-7-6-8-10-23/h6-16,19-20H,17-18H2,1-5H3. The summed E-state index contributed by atoms with van der Waals surface area (Å²) in [5.74, 6) is 0.205. The van der Waals surface area contributed by atoms with Crippen LogP contribution in [0.4, 0.5) is 0 Å². The van der Waals surface area contributed by atoms with Crippen LogP contribution in [0.3, 0.4) is 0 Å². The molecule has 32 heavy (non-hydrogen) atoms. The zero-order valence-electron chi connectivity index (χ0n) is 19.7. The second-order valence-corrected chi connectivity index (χ2v) is 10.2. The van der Waals surface area contributed by atoms with Gasteiger partial charge >= 0.3 is 5.97 Å².